The van der Waals surface area contributed by atoms with Crippen LogP contribution < -0.4 is 0 Å². The molecule has 4 nitrogen and oxygen atoms in total. The van der Waals surface area contributed by atoms with E-state index in [4.69, 9.17) is 9.40 Å². The van der Waals surface area contributed by atoms with Crippen molar-refractivity contribution in [3.63, 3.8) is 0 Å². The lowest BCUT2D eigenvalue weighted by atomic mass is 10.2. The Bertz CT molecular complexity index is 699. The van der Waals surface area contributed by atoms with Gasteiger partial charge in [-0.3, -0.25) is 0 Å². The maximum Gasteiger partial charge on any atom is 0.206 e. The first-order chi connectivity index (χ1) is 9.43. The topological polar surface area (TPSA) is 43.9 Å². The van der Waals surface area contributed by atoms with Crippen LogP contribution in [0.5, 0.6) is 0 Å². The number of fused-ring (bicyclic) bond motifs is 1. The fraction of sp³-hybridized carbons (Fsp3) is 0.286. The number of hydrogen-bond donors (Lipinski definition) is 0. The molecule has 5 heteroatoms. The Morgan fingerprint density at radius 2 is 2.32 bits per heavy atom. The van der Waals surface area contributed by atoms with Crippen LogP contribution in [0, 0.1) is 0 Å². The van der Waals surface area contributed by atoms with E-state index in [1.807, 2.05) is 36.0 Å². The summed E-state index contributed by atoms with van der Waals surface area (Å²) >= 11 is 1.97. The van der Waals surface area contributed by atoms with E-state index in [0.717, 1.165) is 22.9 Å². The van der Waals surface area contributed by atoms with Crippen LogP contribution in [-0.2, 0) is 0 Å². The average Bonchev–Trinajstić information content (AvgIpc) is 3.17. The molecule has 0 saturated carbocycles. The quantitative estimate of drug-likeness (QED) is 0.714. The Labute approximate surface area is 114 Å². The zero-order chi connectivity index (χ0) is 12.7. The summed E-state index contributed by atoms with van der Waals surface area (Å²) < 4.78 is 7.61. The monoisotopic (exact) mass is 271 g/mol. The van der Waals surface area contributed by atoms with Gasteiger partial charge in [-0.25, -0.2) is 14.5 Å². The van der Waals surface area contributed by atoms with Crippen LogP contribution in [0.1, 0.15) is 23.9 Å². The first-order valence-electron chi connectivity index (χ1n) is 6.42. The largest absolute Gasteiger partial charge is 0.448 e. The Kier molecular flexibility index (Phi) is 2.58. The molecule has 0 spiro atoms. The Morgan fingerprint density at radius 3 is 3.11 bits per heavy atom. The summed E-state index contributed by atoms with van der Waals surface area (Å²) in [6.45, 7) is 0. The molecule has 0 aliphatic carbocycles. The van der Waals surface area contributed by atoms with Crippen molar-refractivity contribution in [2.75, 3.05) is 5.75 Å². The van der Waals surface area contributed by atoms with Crippen LogP contribution in [0.15, 0.2) is 41.1 Å². The van der Waals surface area contributed by atoms with Crippen LogP contribution in [0.2, 0.25) is 0 Å². The highest BCUT2D eigenvalue weighted by Crippen LogP contribution is 2.41. The zero-order valence-corrected chi connectivity index (χ0v) is 11.1. The van der Waals surface area contributed by atoms with E-state index in [1.54, 1.807) is 12.5 Å². The molecule has 0 N–H and O–H groups in total. The summed E-state index contributed by atoms with van der Waals surface area (Å²) in [4.78, 5) is 9.23. The highest BCUT2D eigenvalue weighted by molar-refractivity contribution is 7.99. The van der Waals surface area contributed by atoms with Gasteiger partial charge in [0.1, 0.15) is 11.3 Å². The molecule has 0 bridgehead atoms. The molecule has 1 unspecified atom stereocenters. The molecule has 1 aliphatic heterocycles. The Balaban J connectivity index is 1.98. The highest BCUT2D eigenvalue weighted by atomic mass is 32.2. The molecule has 3 aromatic rings. The number of hydrogen-bond acceptors (Lipinski definition) is 4. The molecule has 1 fully saturated rings. The second-order valence-corrected chi connectivity index (χ2v) is 5.92. The fourth-order valence-corrected chi connectivity index (χ4v) is 3.80. The molecule has 0 radical (unpaired) electrons. The first-order valence-corrected chi connectivity index (χ1v) is 7.47. The maximum atomic E-state index is 5.56. The summed E-state index contributed by atoms with van der Waals surface area (Å²) in [5.74, 6) is 3.06. The average molecular weight is 271 g/mol. The molecule has 3 aromatic heterocycles. The third kappa shape index (κ3) is 1.76. The molecule has 4 heterocycles. The Morgan fingerprint density at radius 1 is 1.32 bits per heavy atom. The van der Waals surface area contributed by atoms with Gasteiger partial charge in [0.2, 0.25) is 5.88 Å². The van der Waals surface area contributed by atoms with Crippen LogP contribution in [0.4, 0.5) is 0 Å². The number of furan rings is 1. The number of imidazole rings is 1. The SMILES string of the molecule is c1coc(-n2c(C3CCCS3)nc3cccnc32)c1. The van der Waals surface area contributed by atoms with E-state index < -0.39 is 0 Å². The first kappa shape index (κ1) is 11.1. The smallest absolute Gasteiger partial charge is 0.206 e. The second kappa shape index (κ2) is 4.42. The van der Waals surface area contributed by atoms with Crippen molar-refractivity contribution in [2.45, 2.75) is 18.1 Å². The lowest BCUT2D eigenvalue weighted by molar-refractivity contribution is 0.533. The lowest BCUT2D eigenvalue weighted by Gasteiger charge is -2.09. The van der Waals surface area contributed by atoms with Gasteiger partial charge in [0.25, 0.3) is 0 Å². The van der Waals surface area contributed by atoms with Gasteiger partial charge in [-0.05, 0) is 36.8 Å². The van der Waals surface area contributed by atoms with Crippen molar-refractivity contribution in [1.82, 2.24) is 14.5 Å². The third-order valence-corrected chi connectivity index (χ3v) is 4.76. The fourth-order valence-electron chi connectivity index (χ4n) is 2.54. The van der Waals surface area contributed by atoms with Crippen LogP contribution >= 0.6 is 11.8 Å². The van der Waals surface area contributed by atoms with Gasteiger partial charge in [0, 0.05) is 12.3 Å². The van der Waals surface area contributed by atoms with E-state index >= 15 is 0 Å². The van der Waals surface area contributed by atoms with Crippen molar-refractivity contribution in [3.8, 4) is 5.88 Å². The minimum Gasteiger partial charge on any atom is -0.448 e. The van der Waals surface area contributed by atoms with Crippen molar-refractivity contribution in [3.05, 3.63) is 42.5 Å². The minimum absolute atomic E-state index is 0.444. The van der Waals surface area contributed by atoms with Crippen molar-refractivity contribution in [2.24, 2.45) is 0 Å². The van der Waals surface area contributed by atoms with Gasteiger partial charge in [0.15, 0.2) is 5.65 Å². The van der Waals surface area contributed by atoms with Gasteiger partial charge < -0.3 is 4.42 Å². The van der Waals surface area contributed by atoms with E-state index in [0.29, 0.717) is 5.25 Å². The predicted molar refractivity (Wildman–Crippen MR) is 75.6 cm³/mol. The summed E-state index contributed by atoms with van der Waals surface area (Å²) in [5.41, 5.74) is 1.81. The van der Waals surface area contributed by atoms with Gasteiger partial charge in [0.05, 0.1) is 11.5 Å². The predicted octanol–water partition coefficient (Wildman–Crippen LogP) is 3.58. The zero-order valence-electron chi connectivity index (χ0n) is 10.3. The highest BCUT2D eigenvalue weighted by Gasteiger charge is 2.26. The second-order valence-electron chi connectivity index (χ2n) is 4.60. The van der Waals surface area contributed by atoms with Gasteiger partial charge in [-0.1, -0.05) is 0 Å². The molecule has 1 atom stereocenters. The minimum atomic E-state index is 0.444. The van der Waals surface area contributed by atoms with Crippen molar-refractivity contribution in [1.29, 1.82) is 0 Å². The number of nitrogens with zero attached hydrogens (tertiary/aromatic N) is 3. The number of thioether (sulfide) groups is 1. The van der Waals surface area contributed by atoms with Crippen molar-refractivity contribution < 1.29 is 4.42 Å². The van der Waals surface area contributed by atoms with Crippen molar-refractivity contribution >= 4 is 22.9 Å². The lowest BCUT2D eigenvalue weighted by Crippen LogP contribution is -2.03. The molecule has 96 valence electrons. The molecule has 19 heavy (non-hydrogen) atoms. The van der Waals surface area contributed by atoms with E-state index in [9.17, 15) is 0 Å². The maximum absolute atomic E-state index is 5.56. The van der Waals surface area contributed by atoms with Gasteiger partial charge >= 0.3 is 0 Å². The molecule has 0 aromatic carbocycles. The van der Waals surface area contributed by atoms with E-state index in [2.05, 4.69) is 9.55 Å². The molecular formula is C14H13N3OS. The molecule has 4 rings (SSSR count). The summed E-state index contributed by atoms with van der Waals surface area (Å²) in [6.07, 6.45) is 5.92. The van der Waals surface area contributed by atoms with Gasteiger partial charge in [-0.2, -0.15) is 11.8 Å². The number of pyridine rings is 1. The molecule has 1 saturated heterocycles. The normalized spacial score (nSPS) is 19.3. The summed E-state index contributed by atoms with van der Waals surface area (Å²) in [5, 5.41) is 0.444. The third-order valence-electron chi connectivity index (χ3n) is 3.39. The molecular weight excluding hydrogens is 258 g/mol. The molecule has 1 aliphatic rings. The van der Waals surface area contributed by atoms with E-state index in [-0.39, 0.29) is 0 Å². The van der Waals surface area contributed by atoms with Crippen LogP contribution in [-0.4, -0.2) is 20.3 Å². The summed E-state index contributed by atoms with van der Waals surface area (Å²) in [7, 11) is 0. The van der Waals surface area contributed by atoms with Crippen LogP contribution in [0.3, 0.4) is 0 Å². The standard InChI is InChI=1S/C14H13N3OS/c1-4-10-13(15-7-1)17(12-6-2-8-18-12)14(16-10)11-5-3-9-19-11/h1-2,4,6-8,11H,3,5,9H2. The van der Waals surface area contributed by atoms with E-state index in [1.165, 1.54) is 18.6 Å². The Hall–Kier alpha value is -1.75. The number of aromatic nitrogens is 3. The number of rotatable bonds is 2. The van der Waals surface area contributed by atoms with Gasteiger partial charge in [-0.15, -0.1) is 0 Å². The molecule has 0 amide bonds. The summed E-state index contributed by atoms with van der Waals surface area (Å²) in [6, 6.07) is 7.78. The van der Waals surface area contributed by atoms with Crippen LogP contribution in [0.25, 0.3) is 17.0 Å².